The zero-order chi connectivity index (χ0) is 24.8. The quantitative estimate of drug-likeness (QED) is 0.292. The lowest BCUT2D eigenvalue weighted by molar-refractivity contribution is 0.0985. The molecule has 2 heterocycles. The molecule has 0 bridgehead atoms. The summed E-state index contributed by atoms with van der Waals surface area (Å²) in [7, 11) is 0. The summed E-state index contributed by atoms with van der Waals surface area (Å²) in [5.41, 5.74) is 4.47. The van der Waals surface area contributed by atoms with Crippen LogP contribution >= 0.6 is 0 Å². The highest BCUT2D eigenvalue weighted by atomic mass is 16.5. The number of fused-ring (bicyclic) bond motifs is 4. The van der Waals surface area contributed by atoms with E-state index in [1.54, 1.807) is 9.47 Å². The molecule has 0 aliphatic carbocycles. The molecule has 0 atom stereocenters. The van der Waals surface area contributed by atoms with Gasteiger partial charge in [-0.2, -0.15) is 0 Å². The van der Waals surface area contributed by atoms with Crippen molar-refractivity contribution in [2.24, 2.45) is 0 Å². The predicted molar refractivity (Wildman–Crippen MR) is 142 cm³/mol. The number of para-hydroxylation sites is 2. The average molecular weight is 473 g/mol. The average Bonchev–Trinajstić information content (AvgIpc) is 3.07. The van der Waals surface area contributed by atoms with Gasteiger partial charge in [-0.05, 0) is 49.2 Å². The van der Waals surface area contributed by atoms with E-state index in [9.17, 15) is 9.59 Å². The number of nitrogens with zero attached hydrogens (tertiary/aromatic N) is 2. The summed E-state index contributed by atoms with van der Waals surface area (Å²) in [6, 6.07) is 30.2. The van der Waals surface area contributed by atoms with E-state index in [1.807, 2.05) is 111 Å². The topological polar surface area (TPSA) is 51.5 Å². The van der Waals surface area contributed by atoms with E-state index in [2.05, 4.69) is 0 Å². The molecule has 0 unspecified atom stereocenters. The van der Waals surface area contributed by atoms with Crippen LogP contribution in [0.2, 0.25) is 0 Å². The van der Waals surface area contributed by atoms with Crippen molar-refractivity contribution >= 4 is 22.4 Å². The van der Waals surface area contributed by atoms with Crippen LogP contribution in [0.1, 0.15) is 27.0 Å². The largest absolute Gasteiger partial charge is 0.438 e. The number of carbonyl (C=O) groups is 1. The normalized spacial score (nSPS) is 12.4. The summed E-state index contributed by atoms with van der Waals surface area (Å²) in [5, 5.41) is 1.20. The predicted octanol–water partition coefficient (Wildman–Crippen LogP) is 6.56. The first-order valence-electron chi connectivity index (χ1n) is 11.9. The Bertz CT molecular complexity index is 1680. The highest BCUT2D eigenvalue weighted by Gasteiger charge is 2.32. The molecule has 4 aromatic carbocycles. The van der Waals surface area contributed by atoms with Crippen molar-refractivity contribution in [2.45, 2.75) is 20.4 Å². The molecule has 1 aliphatic heterocycles. The maximum atomic E-state index is 14.1. The maximum Gasteiger partial charge on any atom is 0.265 e. The van der Waals surface area contributed by atoms with Gasteiger partial charge in [0, 0.05) is 21.9 Å². The lowest BCUT2D eigenvalue weighted by atomic mass is 10.1. The summed E-state index contributed by atoms with van der Waals surface area (Å²) in [5.74, 6) is 0.802. The van der Waals surface area contributed by atoms with Crippen molar-refractivity contribution in [3.63, 3.8) is 0 Å². The van der Waals surface area contributed by atoms with E-state index >= 15 is 0 Å². The fraction of sp³-hybridized carbons (Fsp3) is 0.0968. The van der Waals surface area contributed by atoms with Crippen LogP contribution < -0.4 is 15.2 Å². The Morgan fingerprint density at radius 2 is 1.36 bits per heavy atom. The Labute approximate surface area is 208 Å². The highest BCUT2D eigenvalue weighted by molar-refractivity contribution is 6.12. The minimum absolute atomic E-state index is 0.158. The van der Waals surface area contributed by atoms with E-state index in [-0.39, 0.29) is 11.5 Å². The number of benzene rings is 4. The first-order valence-corrected chi connectivity index (χ1v) is 11.9. The summed E-state index contributed by atoms with van der Waals surface area (Å²) in [4.78, 5) is 29.8. The summed E-state index contributed by atoms with van der Waals surface area (Å²) < 4.78 is 8.21. The molecule has 36 heavy (non-hydrogen) atoms. The number of amides is 1. The number of anilines is 1. The summed E-state index contributed by atoms with van der Waals surface area (Å²) >= 11 is 0. The van der Waals surface area contributed by atoms with Gasteiger partial charge in [-0.25, -0.2) is 4.57 Å². The molecule has 5 aromatic rings. The molecule has 5 nitrogen and oxygen atoms in total. The van der Waals surface area contributed by atoms with E-state index in [4.69, 9.17) is 4.74 Å². The lowest BCUT2D eigenvalue weighted by Crippen LogP contribution is -2.32. The second kappa shape index (κ2) is 8.54. The van der Waals surface area contributed by atoms with Gasteiger partial charge >= 0.3 is 0 Å². The molecule has 0 radical (unpaired) electrons. The number of carbonyl (C=O) groups excluding carboxylic acids is 1. The van der Waals surface area contributed by atoms with Gasteiger partial charge < -0.3 is 4.74 Å². The zero-order valence-corrected chi connectivity index (χ0v) is 20.1. The third kappa shape index (κ3) is 3.40. The smallest absolute Gasteiger partial charge is 0.265 e. The molecule has 1 aromatic heterocycles. The van der Waals surface area contributed by atoms with Crippen LogP contribution in [0.25, 0.3) is 16.5 Å². The number of pyridine rings is 1. The molecule has 6 rings (SSSR count). The van der Waals surface area contributed by atoms with Crippen LogP contribution in [-0.2, 0) is 6.54 Å². The Morgan fingerprint density at radius 3 is 2.11 bits per heavy atom. The minimum atomic E-state index is -0.187. The van der Waals surface area contributed by atoms with Gasteiger partial charge in [-0.3, -0.25) is 14.5 Å². The van der Waals surface area contributed by atoms with Gasteiger partial charge in [-0.15, -0.1) is 0 Å². The van der Waals surface area contributed by atoms with E-state index < -0.39 is 0 Å². The van der Waals surface area contributed by atoms with Gasteiger partial charge in [0.1, 0.15) is 11.4 Å². The second-order valence-corrected chi connectivity index (χ2v) is 9.05. The number of hydrogen-bond acceptors (Lipinski definition) is 3. The van der Waals surface area contributed by atoms with Crippen LogP contribution in [0.3, 0.4) is 0 Å². The fourth-order valence-electron chi connectivity index (χ4n) is 5.02. The SMILES string of the molecule is Cc1cccc(C)c1-n1c2c(c3ccccc3c1=O)N(C(=O)c1ccccc1)Cc1ccccc1O2. The monoisotopic (exact) mass is 472 g/mol. The number of ether oxygens (including phenoxy) is 1. The van der Waals surface area contributed by atoms with Crippen LogP contribution in [-0.4, -0.2) is 10.5 Å². The molecule has 1 amide bonds. The Kier molecular flexibility index (Phi) is 5.19. The second-order valence-electron chi connectivity index (χ2n) is 9.05. The molecule has 0 N–H and O–H groups in total. The van der Waals surface area contributed by atoms with E-state index in [0.29, 0.717) is 40.2 Å². The molecule has 176 valence electrons. The van der Waals surface area contributed by atoms with Crippen molar-refractivity contribution < 1.29 is 9.53 Å². The lowest BCUT2D eigenvalue weighted by Gasteiger charge is -2.26. The summed E-state index contributed by atoms with van der Waals surface area (Å²) in [6.07, 6.45) is 0. The maximum absolute atomic E-state index is 14.1. The molecular weight excluding hydrogens is 448 g/mol. The molecule has 1 aliphatic rings. The zero-order valence-electron chi connectivity index (χ0n) is 20.1. The van der Waals surface area contributed by atoms with Crippen LogP contribution in [0.4, 0.5) is 5.69 Å². The molecule has 0 saturated heterocycles. The van der Waals surface area contributed by atoms with Crippen molar-refractivity contribution in [3.8, 4) is 17.3 Å². The number of hydrogen-bond donors (Lipinski definition) is 0. The third-order valence-electron chi connectivity index (χ3n) is 6.73. The third-order valence-corrected chi connectivity index (χ3v) is 6.73. The Hall–Kier alpha value is -4.64. The van der Waals surface area contributed by atoms with E-state index in [1.165, 1.54) is 0 Å². The van der Waals surface area contributed by atoms with Crippen molar-refractivity contribution in [3.05, 3.63) is 130 Å². The van der Waals surface area contributed by atoms with Gasteiger partial charge in [0.2, 0.25) is 5.88 Å². The standard InChI is InChI=1S/C31H24N2O3/c1-20-11-10-12-21(2)27(20)33-30(35)25-17-8-7-16-24(25)28-31(33)36-26-18-9-6-15-23(26)19-32(28)29(34)22-13-4-3-5-14-22/h3-18H,19H2,1-2H3. The molecule has 5 heteroatoms. The molecule has 0 saturated carbocycles. The summed E-state index contributed by atoms with van der Waals surface area (Å²) in [6.45, 7) is 4.27. The van der Waals surface area contributed by atoms with E-state index in [0.717, 1.165) is 22.4 Å². The number of aryl methyl sites for hydroxylation is 2. The molecule has 0 fully saturated rings. The van der Waals surface area contributed by atoms with Crippen molar-refractivity contribution in [1.82, 2.24) is 4.57 Å². The van der Waals surface area contributed by atoms with Gasteiger partial charge in [0.05, 0.1) is 12.2 Å². The molecular formula is C31H24N2O3. The van der Waals surface area contributed by atoms with Crippen LogP contribution in [0.5, 0.6) is 11.6 Å². The van der Waals surface area contributed by atoms with Gasteiger partial charge in [0.15, 0.2) is 0 Å². The van der Waals surface area contributed by atoms with Crippen LogP contribution in [0, 0.1) is 13.8 Å². The number of rotatable bonds is 2. The Morgan fingerprint density at radius 1 is 0.722 bits per heavy atom. The molecule has 0 spiro atoms. The number of aromatic nitrogens is 1. The van der Waals surface area contributed by atoms with Crippen molar-refractivity contribution in [2.75, 3.05) is 4.90 Å². The van der Waals surface area contributed by atoms with Gasteiger partial charge in [-0.1, -0.05) is 72.8 Å². The minimum Gasteiger partial charge on any atom is -0.438 e. The first-order chi connectivity index (χ1) is 17.5. The fourth-order valence-corrected chi connectivity index (χ4v) is 5.02. The Balaban J connectivity index is 1.76. The first kappa shape index (κ1) is 21.9. The van der Waals surface area contributed by atoms with Gasteiger partial charge in [0.25, 0.3) is 11.5 Å². The van der Waals surface area contributed by atoms with Crippen molar-refractivity contribution in [1.29, 1.82) is 0 Å². The van der Waals surface area contributed by atoms with Crippen LogP contribution in [0.15, 0.2) is 102 Å². The highest BCUT2D eigenvalue weighted by Crippen LogP contribution is 2.44.